The van der Waals surface area contributed by atoms with Crippen molar-refractivity contribution in [2.45, 2.75) is 12.7 Å². The molecule has 2 aromatic rings. The van der Waals surface area contributed by atoms with E-state index in [2.05, 4.69) is 10.9 Å². The summed E-state index contributed by atoms with van der Waals surface area (Å²) >= 11 is 0. The fraction of sp³-hybridized carbons (Fsp3) is 0.200. The highest BCUT2D eigenvalue weighted by molar-refractivity contribution is 5.44. The quantitative estimate of drug-likeness (QED) is 0.647. The van der Waals surface area contributed by atoms with Gasteiger partial charge in [0.15, 0.2) is 0 Å². The number of hydrogen-bond acceptors (Lipinski definition) is 3. The third kappa shape index (κ3) is 3.67. The van der Waals surface area contributed by atoms with Crippen LogP contribution in [0.25, 0.3) is 0 Å². The van der Waals surface area contributed by atoms with Crippen LogP contribution >= 0.6 is 0 Å². The molecule has 0 aliphatic heterocycles. The first-order chi connectivity index (χ1) is 10.4. The van der Waals surface area contributed by atoms with Crippen LogP contribution in [0.15, 0.2) is 42.5 Å². The van der Waals surface area contributed by atoms with Crippen molar-refractivity contribution in [1.82, 2.24) is 5.43 Å². The summed E-state index contributed by atoms with van der Waals surface area (Å²) in [5.41, 5.74) is 4.44. The van der Waals surface area contributed by atoms with Gasteiger partial charge in [-0.25, -0.2) is 9.82 Å². The number of hydrazine groups is 1. The molecule has 0 atom stereocenters. The maximum absolute atomic E-state index is 13.6. The third-order valence-electron chi connectivity index (χ3n) is 2.99. The molecule has 3 nitrogen and oxygen atoms in total. The van der Waals surface area contributed by atoms with E-state index >= 15 is 0 Å². The monoisotopic (exact) mass is 314 g/mol. The molecule has 2 N–H and O–H groups in total. The molecule has 7 heteroatoms. The molecule has 0 radical (unpaired) electrons. The van der Waals surface area contributed by atoms with E-state index in [1.165, 1.54) is 13.2 Å². The Morgan fingerprint density at radius 1 is 1.05 bits per heavy atom. The van der Waals surface area contributed by atoms with Crippen LogP contribution in [-0.4, -0.2) is 7.11 Å². The molecule has 2 aromatic carbocycles. The van der Waals surface area contributed by atoms with Crippen molar-refractivity contribution in [3.8, 4) is 5.75 Å². The first-order valence-electron chi connectivity index (χ1n) is 6.40. The minimum atomic E-state index is -4.80. The lowest BCUT2D eigenvalue weighted by atomic mass is 10.1. The van der Waals surface area contributed by atoms with Crippen LogP contribution < -0.4 is 15.6 Å². The van der Waals surface area contributed by atoms with Gasteiger partial charge < -0.3 is 10.2 Å². The molecule has 0 heterocycles. The van der Waals surface area contributed by atoms with Gasteiger partial charge in [0, 0.05) is 17.8 Å². The van der Waals surface area contributed by atoms with Crippen molar-refractivity contribution in [3.63, 3.8) is 0 Å². The van der Waals surface area contributed by atoms with E-state index in [9.17, 15) is 17.6 Å². The molecule has 0 aliphatic rings. The van der Waals surface area contributed by atoms with Crippen molar-refractivity contribution in [2.24, 2.45) is 0 Å². The summed E-state index contributed by atoms with van der Waals surface area (Å²) in [5, 5.41) is 0. The van der Waals surface area contributed by atoms with Gasteiger partial charge >= 0.3 is 6.18 Å². The Kier molecular flexibility index (Phi) is 4.87. The summed E-state index contributed by atoms with van der Waals surface area (Å²) in [6.45, 7) is -0.259. The van der Waals surface area contributed by atoms with Gasteiger partial charge in [-0.3, -0.25) is 0 Å². The first-order valence-corrected chi connectivity index (χ1v) is 6.40. The van der Waals surface area contributed by atoms with E-state index in [0.29, 0.717) is 5.69 Å². The normalized spacial score (nSPS) is 11.3. The van der Waals surface area contributed by atoms with Crippen LogP contribution in [0.5, 0.6) is 5.75 Å². The molecular formula is C15H14F4N2O. The highest BCUT2D eigenvalue weighted by Crippen LogP contribution is 2.37. The van der Waals surface area contributed by atoms with Gasteiger partial charge in [-0.05, 0) is 24.3 Å². The number of anilines is 1. The number of alkyl halides is 3. The van der Waals surface area contributed by atoms with Gasteiger partial charge in [-0.15, -0.1) is 0 Å². The van der Waals surface area contributed by atoms with Crippen molar-refractivity contribution >= 4 is 5.69 Å². The number of methoxy groups -OCH3 is 1. The summed E-state index contributed by atoms with van der Waals surface area (Å²) in [7, 11) is 1.24. The number of ether oxygens (including phenoxy) is 1. The number of benzene rings is 2. The molecular weight excluding hydrogens is 300 g/mol. The second kappa shape index (κ2) is 6.65. The van der Waals surface area contributed by atoms with Crippen LogP contribution in [0.4, 0.5) is 23.2 Å². The van der Waals surface area contributed by atoms with E-state index < -0.39 is 17.6 Å². The number of halogens is 4. The summed E-state index contributed by atoms with van der Waals surface area (Å²) in [4.78, 5) is 0. The lowest BCUT2D eigenvalue weighted by molar-refractivity contribution is -0.140. The van der Waals surface area contributed by atoms with E-state index in [0.717, 1.165) is 6.07 Å². The average Bonchev–Trinajstić information content (AvgIpc) is 2.47. The molecule has 2 rings (SSSR count). The minimum Gasteiger partial charge on any atom is -0.496 e. The van der Waals surface area contributed by atoms with Crippen molar-refractivity contribution in [2.75, 3.05) is 12.5 Å². The molecule has 0 aliphatic carbocycles. The maximum Gasteiger partial charge on any atom is 0.419 e. The Hall–Kier alpha value is -2.28. The van der Waals surface area contributed by atoms with Gasteiger partial charge in [0.2, 0.25) is 0 Å². The largest absolute Gasteiger partial charge is 0.496 e. The number of para-hydroxylation sites is 1. The third-order valence-corrected chi connectivity index (χ3v) is 2.99. The number of rotatable bonds is 5. The Morgan fingerprint density at radius 2 is 1.73 bits per heavy atom. The fourth-order valence-corrected chi connectivity index (χ4v) is 2.03. The Morgan fingerprint density at radius 3 is 2.32 bits per heavy atom. The topological polar surface area (TPSA) is 33.3 Å². The summed E-state index contributed by atoms with van der Waals surface area (Å²) in [5.74, 6) is -1.36. The van der Waals surface area contributed by atoms with E-state index in [1.54, 1.807) is 24.3 Å². The highest BCUT2D eigenvalue weighted by Gasteiger charge is 2.38. The fourth-order valence-electron chi connectivity index (χ4n) is 2.03. The SMILES string of the molecule is COc1ccc(F)c(C(F)(F)F)c1CNNc1ccccc1. The Bertz CT molecular complexity index is 629. The van der Waals surface area contributed by atoms with Crippen LogP contribution in [-0.2, 0) is 12.7 Å². The zero-order valence-electron chi connectivity index (χ0n) is 11.7. The minimum absolute atomic E-state index is 0.0314. The molecule has 0 unspecified atom stereocenters. The lowest BCUT2D eigenvalue weighted by Crippen LogP contribution is -2.24. The zero-order valence-corrected chi connectivity index (χ0v) is 11.7. The predicted octanol–water partition coefficient (Wildman–Crippen LogP) is 3.97. The lowest BCUT2D eigenvalue weighted by Gasteiger charge is -2.18. The Labute approximate surface area is 124 Å². The molecule has 0 aromatic heterocycles. The molecule has 0 amide bonds. The molecule has 0 fully saturated rings. The van der Waals surface area contributed by atoms with Gasteiger partial charge in [0.1, 0.15) is 11.6 Å². The van der Waals surface area contributed by atoms with E-state index in [1.807, 2.05) is 6.07 Å². The number of hydrogen-bond donors (Lipinski definition) is 2. The van der Waals surface area contributed by atoms with Crippen molar-refractivity contribution in [1.29, 1.82) is 0 Å². The summed E-state index contributed by atoms with van der Waals surface area (Å²) in [6, 6.07) is 10.7. The smallest absolute Gasteiger partial charge is 0.419 e. The van der Waals surface area contributed by atoms with Crippen molar-refractivity contribution in [3.05, 3.63) is 59.4 Å². The predicted molar refractivity (Wildman–Crippen MR) is 74.9 cm³/mol. The van der Waals surface area contributed by atoms with Crippen LogP contribution in [0.3, 0.4) is 0 Å². The maximum atomic E-state index is 13.6. The highest BCUT2D eigenvalue weighted by atomic mass is 19.4. The van der Waals surface area contributed by atoms with Crippen LogP contribution in [0, 0.1) is 5.82 Å². The molecule has 118 valence electrons. The molecule has 22 heavy (non-hydrogen) atoms. The standard InChI is InChI=1S/C15H14F4N2O/c1-22-13-8-7-12(16)14(15(17,18)19)11(13)9-20-21-10-5-3-2-4-6-10/h2-8,20-21H,9H2,1H3. The van der Waals surface area contributed by atoms with Gasteiger partial charge in [-0.2, -0.15) is 13.2 Å². The zero-order chi connectivity index (χ0) is 16.2. The van der Waals surface area contributed by atoms with Gasteiger partial charge in [-0.1, -0.05) is 18.2 Å². The molecule has 0 bridgehead atoms. The molecule has 0 saturated carbocycles. The van der Waals surface area contributed by atoms with E-state index in [-0.39, 0.29) is 17.9 Å². The van der Waals surface area contributed by atoms with Gasteiger partial charge in [0.05, 0.1) is 12.7 Å². The Balaban J connectivity index is 2.23. The van der Waals surface area contributed by atoms with Crippen LogP contribution in [0.2, 0.25) is 0 Å². The van der Waals surface area contributed by atoms with E-state index in [4.69, 9.17) is 4.74 Å². The van der Waals surface area contributed by atoms with Crippen LogP contribution in [0.1, 0.15) is 11.1 Å². The van der Waals surface area contributed by atoms with Gasteiger partial charge in [0.25, 0.3) is 0 Å². The summed E-state index contributed by atoms with van der Waals surface area (Å²) in [6.07, 6.45) is -4.80. The number of nitrogens with one attached hydrogen (secondary N) is 2. The first kappa shape index (κ1) is 16.1. The second-order valence-corrected chi connectivity index (χ2v) is 4.45. The average molecular weight is 314 g/mol. The molecule has 0 spiro atoms. The summed E-state index contributed by atoms with van der Waals surface area (Å²) < 4.78 is 57.6. The molecule has 0 saturated heterocycles. The van der Waals surface area contributed by atoms with Crippen molar-refractivity contribution < 1.29 is 22.3 Å². The second-order valence-electron chi connectivity index (χ2n) is 4.45.